The summed E-state index contributed by atoms with van der Waals surface area (Å²) in [7, 11) is 3.74. The van der Waals surface area contributed by atoms with Crippen LogP contribution in [0.5, 0.6) is 0 Å². The van der Waals surface area contributed by atoms with Crippen LogP contribution in [0.2, 0.25) is 0 Å². The lowest BCUT2D eigenvalue weighted by atomic mass is 9.79. The summed E-state index contributed by atoms with van der Waals surface area (Å²) in [6.07, 6.45) is 5.42. The molecule has 1 saturated carbocycles. The van der Waals surface area contributed by atoms with E-state index < -0.39 is 11.7 Å². The van der Waals surface area contributed by atoms with E-state index in [1.54, 1.807) is 7.11 Å². The van der Waals surface area contributed by atoms with Crippen molar-refractivity contribution in [2.75, 3.05) is 7.11 Å². The Kier molecular flexibility index (Phi) is 4.00. The van der Waals surface area contributed by atoms with Gasteiger partial charge in [0.15, 0.2) is 0 Å². The molecule has 4 nitrogen and oxygen atoms in total. The van der Waals surface area contributed by atoms with Crippen molar-refractivity contribution in [1.82, 2.24) is 9.55 Å². The summed E-state index contributed by atoms with van der Waals surface area (Å²) in [6.45, 7) is 0. The number of methoxy groups -OCH3 is 1. The van der Waals surface area contributed by atoms with Crippen molar-refractivity contribution in [3.05, 3.63) is 30.1 Å². The number of hydrogen-bond acceptors (Lipinski definition) is 3. The number of aliphatic hydroxyl groups is 1. The van der Waals surface area contributed by atoms with Gasteiger partial charge in [-0.3, -0.25) is 0 Å². The molecule has 0 amide bonds. The zero-order chi connectivity index (χ0) is 14.9. The van der Waals surface area contributed by atoms with Gasteiger partial charge in [0.25, 0.3) is 0 Å². The summed E-state index contributed by atoms with van der Waals surface area (Å²) in [5.74, 6) is 0.922. The number of ether oxygens (including phenoxy) is 1. The number of hydrogen-bond donors (Lipinski definition) is 1. The van der Waals surface area contributed by atoms with Crippen molar-refractivity contribution in [3.8, 4) is 0 Å². The molecule has 3 rings (SSSR count). The fourth-order valence-corrected chi connectivity index (χ4v) is 3.56. The van der Waals surface area contributed by atoms with E-state index >= 15 is 0 Å². The number of fused-ring (bicyclic) bond motifs is 1. The third kappa shape index (κ3) is 2.58. The van der Waals surface area contributed by atoms with Gasteiger partial charge in [0.2, 0.25) is 0 Å². The summed E-state index contributed by atoms with van der Waals surface area (Å²) in [4.78, 5) is 4.66. The van der Waals surface area contributed by atoms with Gasteiger partial charge in [-0.1, -0.05) is 31.4 Å². The Morgan fingerprint density at radius 2 is 2.00 bits per heavy atom. The van der Waals surface area contributed by atoms with Crippen LogP contribution in [0, 0.1) is 0 Å². The number of imidazole rings is 1. The van der Waals surface area contributed by atoms with Gasteiger partial charge in [0, 0.05) is 20.6 Å². The van der Waals surface area contributed by atoms with Gasteiger partial charge >= 0.3 is 0 Å². The Balaban J connectivity index is 1.85. The first-order valence-corrected chi connectivity index (χ1v) is 7.80. The first-order chi connectivity index (χ1) is 10.2. The van der Waals surface area contributed by atoms with E-state index in [9.17, 15) is 5.11 Å². The van der Waals surface area contributed by atoms with Crippen LogP contribution in [-0.2, 0) is 18.2 Å². The second kappa shape index (κ2) is 5.78. The van der Waals surface area contributed by atoms with Crippen LogP contribution in [0.1, 0.15) is 37.9 Å². The van der Waals surface area contributed by atoms with Gasteiger partial charge in [0.1, 0.15) is 5.82 Å². The lowest BCUT2D eigenvalue weighted by Crippen LogP contribution is -2.47. The SMILES string of the molecule is COC1(C(O)Cc2nc3ccccc3n2C)CCCCC1. The van der Waals surface area contributed by atoms with Gasteiger partial charge < -0.3 is 14.4 Å². The first kappa shape index (κ1) is 14.5. The number of aromatic nitrogens is 2. The number of aryl methyl sites for hydroxylation is 1. The average molecular weight is 288 g/mol. The minimum atomic E-state index is -0.502. The fourth-order valence-electron chi connectivity index (χ4n) is 3.56. The lowest BCUT2D eigenvalue weighted by Gasteiger charge is -2.39. The second-order valence-electron chi connectivity index (χ2n) is 6.13. The molecule has 0 spiro atoms. The first-order valence-electron chi connectivity index (χ1n) is 7.80. The minimum absolute atomic E-state index is 0.392. The summed E-state index contributed by atoms with van der Waals surface area (Å²) < 4.78 is 7.81. The molecule has 1 aromatic heterocycles. The molecule has 1 atom stereocenters. The Morgan fingerprint density at radius 3 is 2.67 bits per heavy atom. The van der Waals surface area contributed by atoms with E-state index in [1.165, 1.54) is 6.42 Å². The minimum Gasteiger partial charge on any atom is -0.390 e. The fraction of sp³-hybridized carbons (Fsp3) is 0.588. The normalized spacial score (nSPS) is 19.8. The third-order valence-electron chi connectivity index (χ3n) is 4.97. The highest BCUT2D eigenvalue weighted by atomic mass is 16.5. The van der Waals surface area contributed by atoms with E-state index in [0.717, 1.165) is 42.5 Å². The summed E-state index contributed by atoms with van der Waals surface area (Å²) >= 11 is 0. The van der Waals surface area contributed by atoms with Crippen molar-refractivity contribution in [2.24, 2.45) is 7.05 Å². The summed E-state index contributed by atoms with van der Waals surface area (Å²) in [6, 6.07) is 8.08. The Hall–Kier alpha value is -1.39. The highest BCUT2D eigenvalue weighted by Gasteiger charge is 2.39. The van der Waals surface area contributed by atoms with Crippen molar-refractivity contribution < 1.29 is 9.84 Å². The smallest absolute Gasteiger partial charge is 0.112 e. The van der Waals surface area contributed by atoms with Crippen LogP contribution in [0.4, 0.5) is 0 Å². The largest absolute Gasteiger partial charge is 0.390 e. The van der Waals surface area contributed by atoms with E-state index in [-0.39, 0.29) is 0 Å². The van der Waals surface area contributed by atoms with Crippen molar-refractivity contribution >= 4 is 11.0 Å². The lowest BCUT2D eigenvalue weighted by molar-refractivity contribution is -0.122. The maximum atomic E-state index is 10.7. The van der Waals surface area contributed by atoms with Crippen LogP contribution in [-0.4, -0.2) is 33.5 Å². The van der Waals surface area contributed by atoms with E-state index in [2.05, 4.69) is 15.6 Å². The second-order valence-corrected chi connectivity index (χ2v) is 6.13. The Bertz CT molecular complexity index is 614. The zero-order valence-corrected chi connectivity index (χ0v) is 12.9. The maximum absolute atomic E-state index is 10.7. The molecule has 1 aliphatic carbocycles. The van der Waals surface area contributed by atoms with Gasteiger partial charge in [-0.25, -0.2) is 4.98 Å². The molecule has 1 aromatic carbocycles. The van der Waals surface area contributed by atoms with Crippen LogP contribution in [0.25, 0.3) is 11.0 Å². The van der Waals surface area contributed by atoms with Crippen LogP contribution >= 0.6 is 0 Å². The molecule has 1 unspecified atom stereocenters. The quantitative estimate of drug-likeness (QED) is 0.941. The predicted octanol–water partition coefficient (Wildman–Crippen LogP) is 2.83. The van der Waals surface area contributed by atoms with Gasteiger partial charge in [0.05, 0.1) is 22.7 Å². The molecular weight excluding hydrogens is 264 g/mol. The van der Waals surface area contributed by atoms with E-state index in [0.29, 0.717) is 6.42 Å². The van der Waals surface area contributed by atoms with Gasteiger partial charge in [-0.05, 0) is 25.0 Å². The number of benzene rings is 1. The Morgan fingerprint density at radius 1 is 1.29 bits per heavy atom. The van der Waals surface area contributed by atoms with E-state index in [1.807, 2.05) is 25.2 Å². The van der Waals surface area contributed by atoms with E-state index in [4.69, 9.17) is 4.74 Å². The molecule has 1 N–H and O–H groups in total. The number of nitrogens with zero attached hydrogens (tertiary/aromatic N) is 2. The standard InChI is InChI=1S/C17H24N2O2/c1-19-14-9-5-4-8-13(14)18-16(19)12-15(20)17(21-2)10-6-3-7-11-17/h4-5,8-9,15,20H,3,6-7,10-12H2,1-2H3. The predicted molar refractivity (Wildman–Crippen MR) is 83.2 cm³/mol. The monoisotopic (exact) mass is 288 g/mol. The molecule has 1 aliphatic rings. The molecule has 0 aliphatic heterocycles. The van der Waals surface area contributed by atoms with Crippen LogP contribution < -0.4 is 0 Å². The highest BCUT2D eigenvalue weighted by molar-refractivity contribution is 5.75. The summed E-state index contributed by atoms with van der Waals surface area (Å²) in [5, 5.41) is 10.7. The van der Waals surface area contributed by atoms with Crippen LogP contribution in [0.3, 0.4) is 0 Å². The number of rotatable bonds is 4. The Labute approximate surface area is 125 Å². The molecule has 0 saturated heterocycles. The molecule has 1 fully saturated rings. The zero-order valence-electron chi connectivity index (χ0n) is 12.9. The molecule has 0 bridgehead atoms. The van der Waals surface area contributed by atoms with Crippen molar-refractivity contribution in [1.29, 1.82) is 0 Å². The van der Waals surface area contributed by atoms with Gasteiger partial charge in [-0.15, -0.1) is 0 Å². The molecule has 2 aromatic rings. The summed E-state index contributed by atoms with van der Waals surface area (Å²) in [5.41, 5.74) is 1.70. The number of para-hydroxylation sites is 2. The maximum Gasteiger partial charge on any atom is 0.112 e. The topological polar surface area (TPSA) is 47.3 Å². The molecule has 0 radical (unpaired) electrons. The van der Waals surface area contributed by atoms with Crippen molar-refractivity contribution in [2.45, 2.75) is 50.2 Å². The molecule has 21 heavy (non-hydrogen) atoms. The van der Waals surface area contributed by atoms with Crippen LogP contribution in [0.15, 0.2) is 24.3 Å². The van der Waals surface area contributed by atoms with Gasteiger partial charge in [-0.2, -0.15) is 0 Å². The molecule has 114 valence electrons. The van der Waals surface area contributed by atoms with Crippen molar-refractivity contribution in [3.63, 3.8) is 0 Å². The number of aliphatic hydroxyl groups excluding tert-OH is 1. The molecular formula is C17H24N2O2. The highest BCUT2D eigenvalue weighted by Crippen LogP contribution is 2.35. The average Bonchev–Trinajstić information content (AvgIpc) is 2.84. The third-order valence-corrected chi connectivity index (χ3v) is 4.97. The molecule has 1 heterocycles. The molecule has 4 heteroatoms.